The average Bonchev–Trinajstić information content (AvgIpc) is 3.00. The number of nitrogens with one attached hydrogen (secondary N) is 1. The number of aromatic nitrogens is 1. The molecule has 0 aliphatic heterocycles. The predicted molar refractivity (Wildman–Crippen MR) is 109 cm³/mol. The van der Waals surface area contributed by atoms with E-state index in [-0.39, 0.29) is 5.91 Å². The van der Waals surface area contributed by atoms with Crippen LogP contribution in [0.5, 0.6) is 0 Å². The van der Waals surface area contributed by atoms with Crippen molar-refractivity contribution in [2.24, 2.45) is 0 Å². The summed E-state index contributed by atoms with van der Waals surface area (Å²) in [6.45, 7) is 0. The summed E-state index contributed by atoms with van der Waals surface area (Å²) in [5.41, 5.74) is 2.46. The van der Waals surface area contributed by atoms with E-state index in [1.807, 2.05) is 54.6 Å². The van der Waals surface area contributed by atoms with Crippen molar-refractivity contribution in [3.05, 3.63) is 71.2 Å². The molecule has 0 unspecified atom stereocenters. The van der Waals surface area contributed by atoms with Gasteiger partial charge in [-0.1, -0.05) is 24.3 Å². The summed E-state index contributed by atoms with van der Waals surface area (Å²) in [5, 5.41) is 4.94. The van der Waals surface area contributed by atoms with Crippen molar-refractivity contribution in [1.29, 1.82) is 0 Å². The Morgan fingerprint density at radius 2 is 2.00 bits per heavy atom. The van der Waals surface area contributed by atoms with Crippen LogP contribution in [0.4, 0.5) is 5.69 Å². The molecule has 0 bridgehead atoms. The second kappa shape index (κ2) is 6.97. The molecule has 0 spiro atoms. The minimum Gasteiger partial charge on any atom is -0.321 e. The van der Waals surface area contributed by atoms with E-state index in [0.29, 0.717) is 10.6 Å². The van der Waals surface area contributed by atoms with Gasteiger partial charge < -0.3 is 5.32 Å². The smallest absolute Gasteiger partial charge is 0.266 e. The van der Waals surface area contributed by atoms with Gasteiger partial charge >= 0.3 is 0 Å². The first-order valence-electron chi connectivity index (χ1n) is 8.08. The van der Waals surface area contributed by atoms with Crippen LogP contribution < -0.4 is 5.32 Å². The lowest BCUT2D eigenvalue weighted by Gasteiger charge is -2.07. The summed E-state index contributed by atoms with van der Waals surface area (Å²) >= 11 is 1.44. The third-order valence-electron chi connectivity index (χ3n) is 4.11. The molecule has 1 atom stereocenters. The number of amides is 1. The van der Waals surface area contributed by atoms with E-state index < -0.39 is 10.8 Å². The van der Waals surface area contributed by atoms with Crippen LogP contribution in [-0.4, -0.2) is 21.4 Å². The minimum absolute atomic E-state index is 0.171. The average molecular weight is 380 g/mol. The molecule has 1 amide bonds. The summed E-state index contributed by atoms with van der Waals surface area (Å²) in [6.07, 6.45) is 3.40. The number of thiophene rings is 1. The molecule has 0 saturated heterocycles. The van der Waals surface area contributed by atoms with E-state index in [1.54, 1.807) is 12.5 Å². The van der Waals surface area contributed by atoms with Gasteiger partial charge in [0.25, 0.3) is 5.91 Å². The van der Waals surface area contributed by atoms with Gasteiger partial charge in [-0.3, -0.25) is 14.0 Å². The van der Waals surface area contributed by atoms with Gasteiger partial charge in [0.15, 0.2) is 0 Å². The van der Waals surface area contributed by atoms with Gasteiger partial charge in [0.2, 0.25) is 0 Å². The molecule has 4 rings (SSSR count). The Labute approximate surface area is 157 Å². The van der Waals surface area contributed by atoms with Crippen molar-refractivity contribution >= 4 is 54.7 Å². The Morgan fingerprint density at radius 3 is 2.85 bits per heavy atom. The first-order valence-corrected chi connectivity index (χ1v) is 10.6. The molecule has 0 aliphatic carbocycles. The molecule has 0 saturated carbocycles. The topological polar surface area (TPSA) is 59.1 Å². The van der Waals surface area contributed by atoms with Gasteiger partial charge in [-0.25, -0.2) is 0 Å². The highest BCUT2D eigenvalue weighted by atomic mass is 32.2. The van der Waals surface area contributed by atoms with E-state index >= 15 is 0 Å². The molecular formula is C20H16N2O2S2. The molecule has 2 heterocycles. The fraction of sp³-hybridized carbons (Fsp3) is 0.100. The monoisotopic (exact) mass is 380 g/mol. The lowest BCUT2D eigenvalue weighted by atomic mass is 10.1. The van der Waals surface area contributed by atoms with Crippen LogP contribution in [0, 0.1) is 0 Å². The highest BCUT2D eigenvalue weighted by Crippen LogP contribution is 2.33. The second-order valence-electron chi connectivity index (χ2n) is 5.99. The predicted octanol–water partition coefficient (Wildman–Crippen LogP) is 4.58. The van der Waals surface area contributed by atoms with E-state index in [9.17, 15) is 9.00 Å². The molecule has 130 valence electrons. The van der Waals surface area contributed by atoms with Crippen LogP contribution in [0.25, 0.3) is 21.0 Å². The summed E-state index contributed by atoms with van der Waals surface area (Å²) in [7, 11) is -1.02. The molecule has 4 aromatic rings. The van der Waals surface area contributed by atoms with Gasteiger partial charge in [0, 0.05) is 39.0 Å². The first kappa shape index (κ1) is 16.9. The van der Waals surface area contributed by atoms with Gasteiger partial charge in [0.05, 0.1) is 16.1 Å². The third-order valence-corrected chi connectivity index (χ3v) is 6.02. The van der Waals surface area contributed by atoms with Crippen molar-refractivity contribution in [2.75, 3.05) is 11.6 Å². The van der Waals surface area contributed by atoms with Gasteiger partial charge in [-0.05, 0) is 41.3 Å². The van der Waals surface area contributed by atoms with E-state index in [2.05, 4.69) is 10.3 Å². The number of pyridine rings is 1. The number of nitrogens with zero attached hydrogens (tertiary/aromatic N) is 1. The molecule has 1 N–H and O–H groups in total. The van der Waals surface area contributed by atoms with E-state index in [4.69, 9.17) is 0 Å². The molecule has 0 aliphatic rings. The lowest BCUT2D eigenvalue weighted by molar-refractivity contribution is 0.103. The summed E-state index contributed by atoms with van der Waals surface area (Å²) in [6, 6.07) is 17.3. The van der Waals surface area contributed by atoms with Gasteiger partial charge in [0.1, 0.15) is 0 Å². The van der Waals surface area contributed by atoms with Crippen LogP contribution in [0.15, 0.2) is 60.8 Å². The fourth-order valence-corrected chi connectivity index (χ4v) is 4.88. The van der Waals surface area contributed by atoms with Crippen molar-refractivity contribution in [2.45, 2.75) is 5.75 Å². The highest BCUT2D eigenvalue weighted by Gasteiger charge is 2.19. The van der Waals surface area contributed by atoms with Crippen LogP contribution in [0.1, 0.15) is 15.2 Å². The Hall–Kier alpha value is -2.57. The van der Waals surface area contributed by atoms with Crippen molar-refractivity contribution < 1.29 is 9.00 Å². The maximum Gasteiger partial charge on any atom is 0.266 e. The molecular weight excluding hydrogens is 364 g/mol. The number of hydrogen-bond acceptors (Lipinski definition) is 4. The normalized spacial score (nSPS) is 12.3. The van der Waals surface area contributed by atoms with Crippen molar-refractivity contribution in [1.82, 2.24) is 4.98 Å². The number of rotatable bonds is 4. The van der Waals surface area contributed by atoms with Crippen LogP contribution in [-0.2, 0) is 16.6 Å². The summed E-state index contributed by atoms with van der Waals surface area (Å²) < 4.78 is 12.8. The highest BCUT2D eigenvalue weighted by molar-refractivity contribution is 7.83. The minimum atomic E-state index is -1.02. The number of hydrogen-bond donors (Lipinski definition) is 1. The maximum atomic E-state index is 12.9. The quantitative estimate of drug-likeness (QED) is 0.564. The van der Waals surface area contributed by atoms with Crippen LogP contribution in [0.3, 0.4) is 0 Å². The third kappa shape index (κ3) is 3.25. The van der Waals surface area contributed by atoms with Crippen molar-refractivity contribution in [3.63, 3.8) is 0 Å². The Morgan fingerprint density at radius 1 is 1.15 bits per heavy atom. The first-order chi connectivity index (χ1) is 12.6. The molecule has 0 radical (unpaired) electrons. The molecule has 26 heavy (non-hydrogen) atoms. The Kier molecular flexibility index (Phi) is 4.53. The maximum absolute atomic E-state index is 12.9. The fourth-order valence-electron chi connectivity index (χ4n) is 2.97. The number of carbonyl (C=O) groups excluding carboxylic acids is 1. The molecule has 6 heteroatoms. The SMILES string of the molecule is C[S@@](=O)Cc1c(C(=O)Nc2ccc3ncccc3c2)sc2ccccc12. The largest absolute Gasteiger partial charge is 0.321 e. The van der Waals surface area contributed by atoms with Crippen LogP contribution >= 0.6 is 11.3 Å². The number of fused-ring (bicyclic) bond motifs is 2. The number of anilines is 1. The molecule has 0 fully saturated rings. The standard InChI is InChI=1S/C20H16N2O2S2/c1-26(24)12-16-15-6-2-3-7-18(15)25-19(16)20(23)22-14-8-9-17-13(11-14)5-4-10-21-17/h2-11H,12H2,1H3,(H,22,23)/t26-/m1/s1. The Bertz CT molecular complexity index is 1150. The number of benzene rings is 2. The summed E-state index contributed by atoms with van der Waals surface area (Å²) in [4.78, 5) is 17.8. The second-order valence-corrected chi connectivity index (χ2v) is 8.48. The lowest BCUT2D eigenvalue weighted by Crippen LogP contribution is -2.12. The zero-order valence-electron chi connectivity index (χ0n) is 14.1. The summed E-state index contributed by atoms with van der Waals surface area (Å²) in [5.74, 6) is 0.198. The van der Waals surface area contributed by atoms with Gasteiger partial charge in [-0.2, -0.15) is 0 Å². The molecule has 2 aromatic carbocycles. The van der Waals surface area contributed by atoms with E-state index in [1.165, 1.54) is 11.3 Å². The van der Waals surface area contributed by atoms with Gasteiger partial charge in [-0.15, -0.1) is 11.3 Å². The number of carbonyl (C=O) groups is 1. The molecule has 2 aromatic heterocycles. The molecule has 4 nitrogen and oxygen atoms in total. The zero-order valence-corrected chi connectivity index (χ0v) is 15.7. The zero-order chi connectivity index (χ0) is 18.1. The van der Waals surface area contributed by atoms with Crippen molar-refractivity contribution in [3.8, 4) is 0 Å². The van der Waals surface area contributed by atoms with E-state index in [0.717, 1.165) is 32.2 Å². The van der Waals surface area contributed by atoms with Crippen LogP contribution in [0.2, 0.25) is 0 Å². The Balaban J connectivity index is 1.71.